The van der Waals surface area contributed by atoms with Gasteiger partial charge in [0.2, 0.25) is 0 Å². The van der Waals surface area contributed by atoms with Crippen molar-refractivity contribution in [1.29, 1.82) is 0 Å². The van der Waals surface area contributed by atoms with Crippen LogP contribution in [0.1, 0.15) is 39.4 Å². The van der Waals surface area contributed by atoms with Gasteiger partial charge in [0.25, 0.3) is 5.69 Å². The topological polar surface area (TPSA) is 66.6 Å². The minimum absolute atomic E-state index is 0.0193. The van der Waals surface area contributed by atoms with E-state index in [0.717, 1.165) is 13.1 Å². The van der Waals surface area contributed by atoms with E-state index in [1.165, 1.54) is 12.1 Å². The molecule has 0 radical (unpaired) electrons. The molecule has 5 heteroatoms. The molecule has 0 aromatic heterocycles. The zero-order valence-electron chi connectivity index (χ0n) is 13.3. The van der Waals surface area contributed by atoms with Gasteiger partial charge >= 0.3 is 0 Å². The maximum Gasteiger partial charge on any atom is 0.269 e. The molecule has 0 aliphatic rings. The Kier molecular flexibility index (Phi) is 6.78. The Balaban J connectivity index is 2.78. The number of hydrogen-bond donors (Lipinski definition) is 1. The highest BCUT2D eigenvalue weighted by atomic mass is 16.6. The number of rotatable bonds is 8. The van der Waals surface area contributed by atoms with Crippen molar-refractivity contribution in [3.8, 4) is 0 Å². The lowest BCUT2D eigenvalue weighted by Crippen LogP contribution is -2.35. The normalized spacial score (nSPS) is 13.1. The Hall–Kier alpha value is -1.46. The molecule has 1 atom stereocenters. The van der Waals surface area contributed by atoms with Crippen molar-refractivity contribution < 1.29 is 10.0 Å². The van der Waals surface area contributed by atoms with Crippen LogP contribution in [0.4, 0.5) is 5.69 Å². The molecule has 0 bridgehead atoms. The van der Waals surface area contributed by atoms with Gasteiger partial charge < -0.3 is 5.11 Å². The minimum Gasteiger partial charge on any atom is -0.387 e. The standard InChI is InChI=1S/C16H26N2O3/c1-12(2)9-17(10-13(3)4)11-16(19)14-6-5-7-15(8-14)18(20)21/h5-8,12-13,16,19H,9-11H2,1-4H3. The van der Waals surface area contributed by atoms with Crippen LogP contribution in [0.15, 0.2) is 24.3 Å². The number of benzene rings is 1. The summed E-state index contributed by atoms with van der Waals surface area (Å²) in [7, 11) is 0. The average molecular weight is 294 g/mol. The fourth-order valence-corrected chi connectivity index (χ4v) is 2.45. The Morgan fingerprint density at radius 2 is 1.71 bits per heavy atom. The molecule has 1 N–H and O–H groups in total. The van der Waals surface area contributed by atoms with Gasteiger partial charge in [-0.15, -0.1) is 0 Å². The molecule has 1 aromatic rings. The zero-order valence-corrected chi connectivity index (χ0v) is 13.3. The van der Waals surface area contributed by atoms with Crippen LogP contribution >= 0.6 is 0 Å². The molecule has 5 nitrogen and oxygen atoms in total. The van der Waals surface area contributed by atoms with Crippen LogP contribution in [0.3, 0.4) is 0 Å². The summed E-state index contributed by atoms with van der Waals surface area (Å²) in [6.45, 7) is 10.9. The van der Waals surface area contributed by atoms with Crippen LogP contribution in [0.5, 0.6) is 0 Å². The summed E-state index contributed by atoms with van der Waals surface area (Å²) in [5.74, 6) is 1.03. The van der Waals surface area contributed by atoms with Crippen molar-refractivity contribution in [3.63, 3.8) is 0 Å². The third-order valence-corrected chi connectivity index (χ3v) is 3.14. The molecule has 0 fully saturated rings. The number of hydrogen-bond acceptors (Lipinski definition) is 4. The summed E-state index contributed by atoms with van der Waals surface area (Å²) in [5.41, 5.74) is 0.618. The van der Waals surface area contributed by atoms with Crippen LogP contribution < -0.4 is 0 Å². The lowest BCUT2D eigenvalue weighted by Gasteiger charge is -2.28. The molecular weight excluding hydrogens is 268 g/mol. The minimum atomic E-state index is -0.706. The quantitative estimate of drug-likeness (QED) is 0.590. The van der Waals surface area contributed by atoms with Gasteiger partial charge in [0.05, 0.1) is 11.0 Å². The molecule has 0 aliphatic heterocycles. The Morgan fingerprint density at radius 3 is 2.19 bits per heavy atom. The SMILES string of the molecule is CC(C)CN(CC(C)C)CC(O)c1cccc([N+](=O)[O-])c1. The summed E-state index contributed by atoms with van der Waals surface area (Å²) >= 11 is 0. The number of non-ortho nitro benzene ring substituents is 1. The zero-order chi connectivity index (χ0) is 16.0. The van der Waals surface area contributed by atoms with Crippen molar-refractivity contribution in [3.05, 3.63) is 39.9 Å². The predicted octanol–water partition coefficient (Wildman–Crippen LogP) is 3.24. The lowest BCUT2D eigenvalue weighted by atomic mass is 10.1. The van der Waals surface area contributed by atoms with E-state index in [2.05, 4.69) is 32.6 Å². The first kappa shape index (κ1) is 17.6. The van der Waals surface area contributed by atoms with Crippen LogP contribution in [-0.4, -0.2) is 34.6 Å². The van der Waals surface area contributed by atoms with Crippen molar-refractivity contribution in [2.24, 2.45) is 11.8 Å². The van der Waals surface area contributed by atoms with Gasteiger partial charge in [-0.2, -0.15) is 0 Å². The maximum atomic E-state index is 10.8. The van der Waals surface area contributed by atoms with E-state index in [1.54, 1.807) is 12.1 Å². The summed E-state index contributed by atoms with van der Waals surface area (Å²) in [4.78, 5) is 12.6. The number of aliphatic hydroxyl groups is 1. The van der Waals surface area contributed by atoms with Gasteiger partial charge in [0, 0.05) is 31.8 Å². The van der Waals surface area contributed by atoms with E-state index in [9.17, 15) is 15.2 Å². The van der Waals surface area contributed by atoms with Gasteiger partial charge in [-0.3, -0.25) is 15.0 Å². The Bertz CT molecular complexity index is 451. The van der Waals surface area contributed by atoms with Crippen molar-refractivity contribution in [1.82, 2.24) is 4.90 Å². The molecule has 1 rings (SSSR count). The molecule has 1 unspecified atom stereocenters. The molecule has 0 saturated heterocycles. The third kappa shape index (κ3) is 6.23. The fourth-order valence-electron chi connectivity index (χ4n) is 2.45. The van der Waals surface area contributed by atoms with Gasteiger partial charge in [0.15, 0.2) is 0 Å². The van der Waals surface area contributed by atoms with Crippen LogP contribution in [0.2, 0.25) is 0 Å². The second kappa shape index (κ2) is 8.10. The van der Waals surface area contributed by atoms with E-state index < -0.39 is 11.0 Å². The summed E-state index contributed by atoms with van der Waals surface area (Å²) in [5, 5.41) is 21.2. The number of aliphatic hydroxyl groups excluding tert-OH is 1. The Morgan fingerprint density at radius 1 is 1.14 bits per heavy atom. The lowest BCUT2D eigenvalue weighted by molar-refractivity contribution is -0.385. The highest BCUT2D eigenvalue weighted by Crippen LogP contribution is 2.20. The van der Waals surface area contributed by atoms with E-state index in [1.807, 2.05) is 0 Å². The largest absolute Gasteiger partial charge is 0.387 e. The molecule has 0 aliphatic carbocycles. The molecule has 118 valence electrons. The van der Waals surface area contributed by atoms with Gasteiger partial charge in [-0.25, -0.2) is 0 Å². The van der Waals surface area contributed by atoms with E-state index in [0.29, 0.717) is 23.9 Å². The summed E-state index contributed by atoms with van der Waals surface area (Å²) in [6.07, 6.45) is -0.706. The number of nitrogens with zero attached hydrogens (tertiary/aromatic N) is 2. The van der Waals surface area contributed by atoms with Gasteiger partial charge in [0.1, 0.15) is 0 Å². The third-order valence-electron chi connectivity index (χ3n) is 3.14. The highest BCUT2D eigenvalue weighted by Gasteiger charge is 2.17. The van der Waals surface area contributed by atoms with E-state index in [-0.39, 0.29) is 5.69 Å². The molecule has 21 heavy (non-hydrogen) atoms. The first-order valence-electron chi connectivity index (χ1n) is 7.44. The predicted molar refractivity (Wildman–Crippen MR) is 84.2 cm³/mol. The van der Waals surface area contributed by atoms with Gasteiger partial charge in [-0.1, -0.05) is 39.8 Å². The second-order valence-electron chi connectivity index (χ2n) is 6.37. The first-order chi connectivity index (χ1) is 9.79. The highest BCUT2D eigenvalue weighted by molar-refractivity contribution is 5.35. The number of nitro groups is 1. The van der Waals surface area contributed by atoms with Crippen molar-refractivity contribution in [2.75, 3.05) is 19.6 Å². The smallest absolute Gasteiger partial charge is 0.269 e. The van der Waals surface area contributed by atoms with E-state index in [4.69, 9.17) is 0 Å². The Labute approximate surface area is 126 Å². The molecule has 0 saturated carbocycles. The molecule has 0 amide bonds. The van der Waals surface area contributed by atoms with Crippen LogP contribution in [0.25, 0.3) is 0 Å². The molecule has 0 heterocycles. The maximum absolute atomic E-state index is 10.8. The summed E-state index contributed by atoms with van der Waals surface area (Å²) in [6, 6.07) is 6.25. The monoisotopic (exact) mass is 294 g/mol. The van der Waals surface area contributed by atoms with E-state index >= 15 is 0 Å². The molecular formula is C16H26N2O3. The fraction of sp³-hybridized carbons (Fsp3) is 0.625. The number of nitro benzene ring substituents is 1. The van der Waals surface area contributed by atoms with Crippen LogP contribution in [0, 0.1) is 22.0 Å². The summed E-state index contributed by atoms with van der Waals surface area (Å²) < 4.78 is 0. The second-order valence-corrected chi connectivity index (χ2v) is 6.37. The van der Waals surface area contributed by atoms with Crippen LogP contribution in [-0.2, 0) is 0 Å². The van der Waals surface area contributed by atoms with Crippen molar-refractivity contribution >= 4 is 5.69 Å². The van der Waals surface area contributed by atoms with Gasteiger partial charge in [-0.05, 0) is 17.4 Å². The molecule has 1 aromatic carbocycles. The molecule has 0 spiro atoms. The first-order valence-corrected chi connectivity index (χ1v) is 7.44. The van der Waals surface area contributed by atoms with Crippen molar-refractivity contribution in [2.45, 2.75) is 33.8 Å². The average Bonchev–Trinajstić information content (AvgIpc) is 2.37.